The van der Waals surface area contributed by atoms with E-state index in [2.05, 4.69) is 5.32 Å². The summed E-state index contributed by atoms with van der Waals surface area (Å²) < 4.78 is 7.23. The number of hydrogen-bond acceptors (Lipinski definition) is 4. The number of benzene rings is 2. The van der Waals surface area contributed by atoms with Gasteiger partial charge in [-0.15, -0.1) is 0 Å². The molecule has 2 N–H and O–H groups in total. The maximum Gasteiger partial charge on any atom is 0.255 e. The van der Waals surface area contributed by atoms with Crippen LogP contribution in [0.25, 0.3) is 16.9 Å². The largest absolute Gasteiger partial charge is 0.496 e. The smallest absolute Gasteiger partial charge is 0.255 e. The van der Waals surface area contributed by atoms with Gasteiger partial charge in [0.05, 0.1) is 24.5 Å². The van der Waals surface area contributed by atoms with Crippen molar-refractivity contribution in [1.29, 1.82) is 0 Å². The van der Waals surface area contributed by atoms with E-state index in [-0.39, 0.29) is 18.1 Å². The van der Waals surface area contributed by atoms with Crippen molar-refractivity contribution in [3.05, 3.63) is 66.4 Å². The minimum Gasteiger partial charge on any atom is -0.496 e. The molecule has 0 aliphatic heterocycles. The SMILES string of the molecule is COc1ccccc1-c1nn(-c2ccccc2)cc1C(=O)NC1CCC(O)CC1. The third kappa shape index (κ3) is 4.17. The van der Waals surface area contributed by atoms with Crippen molar-refractivity contribution in [2.75, 3.05) is 7.11 Å². The number of aliphatic hydroxyl groups excluding tert-OH is 1. The van der Waals surface area contributed by atoms with Crippen LogP contribution in [0.4, 0.5) is 0 Å². The quantitative estimate of drug-likeness (QED) is 0.697. The average Bonchev–Trinajstić information content (AvgIpc) is 3.21. The lowest BCUT2D eigenvalue weighted by Gasteiger charge is -2.26. The maximum atomic E-state index is 13.2. The number of rotatable bonds is 5. The molecule has 0 radical (unpaired) electrons. The van der Waals surface area contributed by atoms with Crippen molar-refractivity contribution < 1.29 is 14.6 Å². The molecular formula is C23H25N3O3. The van der Waals surface area contributed by atoms with Gasteiger partial charge in [-0.2, -0.15) is 5.10 Å². The van der Waals surface area contributed by atoms with Gasteiger partial charge in [0.2, 0.25) is 0 Å². The first-order valence-electron chi connectivity index (χ1n) is 9.93. The van der Waals surface area contributed by atoms with Crippen molar-refractivity contribution in [2.24, 2.45) is 0 Å². The van der Waals surface area contributed by atoms with Crippen LogP contribution < -0.4 is 10.1 Å². The highest BCUT2D eigenvalue weighted by Crippen LogP contribution is 2.32. The second-order valence-electron chi connectivity index (χ2n) is 7.35. The molecule has 0 unspecified atom stereocenters. The van der Waals surface area contributed by atoms with Crippen molar-refractivity contribution >= 4 is 5.91 Å². The lowest BCUT2D eigenvalue weighted by atomic mass is 9.93. The summed E-state index contributed by atoms with van der Waals surface area (Å²) in [5.74, 6) is 0.509. The Hall–Kier alpha value is -3.12. The molecule has 0 atom stereocenters. The third-order valence-corrected chi connectivity index (χ3v) is 5.37. The summed E-state index contributed by atoms with van der Waals surface area (Å²) in [5, 5.41) is 17.6. The normalized spacial score (nSPS) is 19.0. The van der Waals surface area contributed by atoms with Crippen LogP contribution in [0, 0.1) is 0 Å². The number of carbonyl (C=O) groups is 1. The minimum absolute atomic E-state index is 0.0662. The van der Waals surface area contributed by atoms with Crippen LogP contribution in [-0.4, -0.2) is 40.0 Å². The van der Waals surface area contributed by atoms with Gasteiger partial charge < -0.3 is 15.2 Å². The molecule has 4 rings (SSSR count). The van der Waals surface area contributed by atoms with E-state index in [1.54, 1.807) is 18.0 Å². The third-order valence-electron chi connectivity index (χ3n) is 5.37. The highest BCUT2D eigenvalue weighted by atomic mass is 16.5. The second kappa shape index (κ2) is 8.49. The molecule has 2 aromatic carbocycles. The van der Waals surface area contributed by atoms with Crippen molar-refractivity contribution in [2.45, 2.75) is 37.8 Å². The summed E-state index contributed by atoms with van der Waals surface area (Å²) in [4.78, 5) is 13.2. The molecule has 1 heterocycles. The molecule has 0 saturated heterocycles. The van der Waals surface area contributed by atoms with E-state index in [1.807, 2.05) is 54.6 Å². The number of aromatic nitrogens is 2. The highest BCUT2D eigenvalue weighted by molar-refractivity contribution is 6.00. The van der Waals surface area contributed by atoms with E-state index < -0.39 is 0 Å². The summed E-state index contributed by atoms with van der Waals surface area (Å²) in [6.07, 6.45) is 4.51. The standard InChI is InChI=1S/C23H25N3O3/c1-29-21-10-6-5-9-19(21)22-20(15-26(25-22)17-7-3-2-4-8-17)23(28)24-16-11-13-18(27)14-12-16/h2-10,15-16,18,27H,11-14H2,1H3,(H,24,28). The first-order valence-corrected chi connectivity index (χ1v) is 9.93. The zero-order valence-corrected chi connectivity index (χ0v) is 16.4. The van der Waals surface area contributed by atoms with Gasteiger partial charge in [0, 0.05) is 17.8 Å². The number of amides is 1. The van der Waals surface area contributed by atoms with E-state index in [9.17, 15) is 9.90 Å². The average molecular weight is 391 g/mol. The van der Waals surface area contributed by atoms with Crippen LogP contribution in [0.3, 0.4) is 0 Å². The van der Waals surface area contributed by atoms with Gasteiger partial charge in [0.1, 0.15) is 11.4 Å². The Kier molecular flexibility index (Phi) is 5.62. The lowest BCUT2D eigenvalue weighted by Crippen LogP contribution is -2.38. The Bertz CT molecular complexity index is 976. The molecule has 6 nitrogen and oxygen atoms in total. The number of hydrogen-bond donors (Lipinski definition) is 2. The molecule has 1 fully saturated rings. The Balaban J connectivity index is 1.71. The van der Waals surface area contributed by atoms with Crippen LogP contribution in [0.15, 0.2) is 60.8 Å². The molecule has 1 saturated carbocycles. The number of nitrogens with one attached hydrogen (secondary N) is 1. The summed E-state index contributed by atoms with van der Waals surface area (Å²) in [5.41, 5.74) is 2.74. The molecule has 0 bridgehead atoms. The first-order chi connectivity index (χ1) is 14.2. The molecule has 0 spiro atoms. The van der Waals surface area contributed by atoms with Crippen LogP contribution in [0.2, 0.25) is 0 Å². The van der Waals surface area contributed by atoms with Gasteiger partial charge in [-0.1, -0.05) is 30.3 Å². The fourth-order valence-electron chi connectivity index (χ4n) is 3.78. The maximum absolute atomic E-state index is 13.2. The molecule has 29 heavy (non-hydrogen) atoms. The van der Waals surface area contributed by atoms with E-state index in [4.69, 9.17) is 9.84 Å². The number of para-hydroxylation sites is 2. The molecule has 1 amide bonds. The molecular weight excluding hydrogens is 366 g/mol. The number of nitrogens with zero attached hydrogens (tertiary/aromatic N) is 2. The molecule has 1 aliphatic carbocycles. The van der Waals surface area contributed by atoms with Crippen molar-refractivity contribution in [3.8, 4) is 22.7 Å². The van der Waals surface area contributed by atoms with E-state index in [0.29, 0.717) is 29.8 Å². The number of carbonyl (C=O) groups excluding carboxylic acids is 1. The number of aliphatic hydroxyl groups is 1. The van der Waals surface area contributed by atoms with E-state index in [0.717, 1.165) is 24.1 Å². The fraction of sp³-hybridized carbons (Fsp3) is 0.304. The fourth-order valence-corrected chi connectivity index (χ4v) is 3.78. The monoisotopic (exact) mass is 391 g/mol. The Morgan fingerprint density at radius 3 is 2.48 bits per heavy atom. The Morgan fingerprint density at radius 2 is 1.76 bits per heavy atom. The van der Waals surface area contributed by atoms with Crippen LogP contribution >= 0.6 is 0 Å². The number of methoxy groups -OCH3 is 1. The van der Waals surface area contributed by atoms with Crippen molar-refractivity contribution in [1.82, 2.24) is 15.1 Å². The van der Waals surface area contributed by atoms with Gasteiger partial charge in [-0.25, -0.2) is 4.68 Å². The van der Waals surface area contributed by atoms with Crippen LogP contribution in [0.1, 0.15) is 36.0 Å². The lowest BCUT2D eigenvalue weighted by molar-refractivity contribution is 0.0868. The molecule has 1 aromatic heterocycles. The summed E-state index contributed by atoms with van der Waals surface area (Å²) in [6, 6.07) is 17.3. The first kappa shape index (κ1) is 19.2. The predicted octanol–water partition coefficient (Wildman–Crippen LogP) is 3.58. The van der Waals surface area contributed by atoms with Crippen molar-refractivity contribution in [3.63, 3.8) is 0 Å². The Labute approximate surface area is 170 Å². The highest BCUT2D eigenvalue weighted by Gasteiger charge is 2.25. The molecule has 150 valence electrons. The summed E-state index contributed by atoms with van der Waals surface area (Å²) in [6.45, 7) is 0. The van der Waals surface area contributed by atoms with Gasteiger partial charge >= 0.3 is 0 Å². The topological polar surface area (TPSA) is 76.4 Å². The zero-order chi connectivity index (χ0) is 20.2. The predicted molar refractivity (Wildman–Crippen MR) is 111 cm³/mol. The van der Waals surface area contributed by atoms with E-state index >= 15 is 0 Å². The number of ether oxygens (including phenoxy) is 1. The Morgan fingerprint density at radius 1 is 1.07 bits per heavy atom. The minimum atomic E-state index is -0.256. The summed E-state index contributed by atoms with van der Waals surface area (Å²) in [7, 11) is 1.61. The second-order valence-corrected chi connectivity index (χ2v) is 7.35. The molecule has 3 aromatic rings. The van der Waals surface area contributed by atoms with Gasteiger partial charge in [-0.05, 0) is 49.9 Å². The summed E-state index contributed by atoms with van der Waals surface area (Å²) >= 11 is 0. The molecule has 6 heteroatoms. The van der Waals surface area contributed by atoms with Crippen LogP contribution in [0.5, 0.6) is 5.75 Å². The van der Waals surface area contributed by atoms with E-state index in [1.165, 1.54) is 0 Å². The van der Waals surface area contributed by atoms with Gasteiger partial charge in [0.25, 0.3) is 5.91 Å². The zero-order valence-electron chi connectivity index (χ0n) is 16.4. The van der Waals surface area contributed by atoms with Gasteiger partial charge in [0.15, 0.2) is 0 Å². The van der Waals surface area contributed by atoms with Crippen LogP contribution in [-0.2, 0) is 0 Å². The molecule has 1 aliphatic rings. The van der Waals surface area contributed by atoms with Gasteiger partial charge in [-0.3, -0.25) is 4.79 Å².